The van der Waals surface area contributed by atoms with Crippen molar-refractivity contribution >= 4 is 11.6 Å². The molecular formula is C13H14ClFN2O. The minimum Gasteiger partial charge on any atom is -0.388 e. The number of benzene rings is 1. The molecule has 18 heavy (non-hydrogen) atoms. The van der Waals surface area contributed by atoms with Gasteiger partial charge in [-0.3, -0.25) is 4.68 Å². The highest BCUT2D eigenvalue weighted by Gasteiger charge is 2.10. The van der Waals surface area contributed by atoms with Crippen LogP contribution in [0.5, 0.6) is 0 Å². The summed E-state index contributed by atoms with van der Waals surface area (Å²) in [5.74, 6) is -0.505. The molecule has 1 atom stereocenters. The maximum absolute atomic E-state index is 13.2. The van der Waals surface area contributed by atoms with E-state index in [2.05, 4.69) is 5.10 Å². The topological polar surface area (TPSA) is 38.0 Å². The Morgan fingerprint density at radius 3 is 2.89 bits per heavy atom. The Bertz CT molecular complexity index is 542. The van der Waals surface area contributed by atoms with Gasteiger partial charge in [-0.25, -0.2) is 4.39 Å². The van der Waals surface area contributed by atoms with Crippen molar-refractivity contribution in [3.05, 3.63) is 52.6 Å². The van der Waals surface area contributed by atoms with E-state index in [0.29, 0.717) is 18.4 Å². The number of aliphatic hydroxyl groups excluding tert-OH is 1. The Kier molecular flexibility index (Phi) is 3.99. The monoisotopic (exact) mass is 268 g/mol. The molecular weight excluding hydrogens is 255 g/mol. The van der Waals surface area contributed by atoms with Crippen molar-refractivity contribution in [1.29, 1.82) is 0 Å². The SMILES string of the molecule is Cn1cc(CCC(O)c2ccc(Cl)c(F)c2)cn1. The van der Waals surface area contributed by atoms with E-state index in [1.54, 1.807) is 16.9 Å². The summed E-state index contributed by atoms with van der Waals surface area (Å²) in [6, 6.07) is 4.37. The number of hydrogen-bond acceptors (Lipinski definition) is 2. The van der Waals surface area contributed by atoms with Crippen LogP contribution < -0.4 is 0 Å². The van der Waals surface area contributed by atoms with E-state index < -0.39 is 11.9 Å². The van der Waals surface area contributed by atoms with Crippen LogP contribution >= 0.6 is 11.6 Å². The summed E-state index contributed by atoms with van der Waals surface area (Å²) in [7, 11) is 1.84. The minimum absolute atomic E-state index is 0.0678. The highest BCUT2D eigenvalue weighted by atomic mass is 35.5. The van der Waals surface area contributed by atoms with E-state index in [1.807, 2.05) is 13.2 Å². The van der Waals surface area contributed by atoms with Gasteiger partial charge in [0.1, 0.15) is 5.82 Å². The summed E-state index contributed by atoms with van der Waals surface area (Å²) in [6.07, 6.45) is 4.17. The van der Waals surface area contributed by atoms with Crippen LogP contribution in [0.25, 0.3) is 0 Å². The van der Waals surface area contributed by atoms with Crippen LogP contribution in [0.2, 0.25) is 5.02 Å². The first-order valence-electron chi connectivity index (χ1n) is 5.67. The molecule has 0 fully saturated rings. The standard InChI is InChI=1S/C13H14ClFN2O/c1-17-8-9(7-16-17)2-5-13(18)10-3-4-11(14)12(15)6-10/h3-4,6-8,13,18H,2,5H2,1H3. The Balaban J connectivity index is 1.99. The first-order chi connectivity index (χ1) is 8.56. The fourth-order valence-electron chi connectivity index (χ4n) is 1.79. The molecule has 3 nitrogen and oxygen atoms in total. The zero-order chi connectivity index (χ0) is 13.1. The Morgan fingerprint density at radius 1 is 1.50 bits per heavy atom. The molecule has 5 heteroatoms. The first kappa shape index (κ1) is 13.1. The lowest BCUT2D eigenvalue weighted by Gasteiger charge is -2.10. The first-order valence-corrected chi connectivity index (χ1v) is 6.04. The van der Waals surface area contributed by atoms with Crippen LogP contribution in [-0.2, 0) is 13.5 Å². The van der Waals surface area contributed by atoms with E-state index in [1.165, 1.54) is 12.1 Å². The molecule has 1 aromatic carbocycles. The zero-order valence-corrected chi connectivity index (χ0v) is 10.7. The largest absolute Gasteiger partial charge is 0.388 e. The lowest BCUT2D eigenvalue weighted by molar-refractivity contribution is 0.167. The van der Waals surface area contributed by atoms with Crippen molar-refractivity contribution in [2.24, 2.45) is 7.05 Å². The van der Waals surface area contributed by atoms with E-state index in [4.69, 9.17) is 11.6 Å². The van der Waals surface area contributed by atoms with Crippen LogP contribution in [0.4, 0.5) is 4.39 Å². The molecule has 0 radical (unpaired) electrons. The van der Waals surface area contributed by atoms with Crippen LogP contribution in [0.3, 0.4) is 0 Å². The normalized spacial score (nSPS) is 12.7. The van der Waals surface area contributed by atoms with Gasteiger partial charge in [0.2, 0.25) is 0 Å². The maximum atomic E-state index is 13.2. The third kappa shape index (κ3) is 3.09. The van der Waals surface area contributed by atoms with Gasteiger partial charge in [-0.1, -0.05) is 17.7 Å². The van der Waals surface area contributed by atoms with Crippen LogP contribution in [0, 0.1) is 5.82 Å². The van der Waals surface area contributed by atoms with Gasteiger partial charge >= 0.3 is 0 Å². The van der Waals surface area contributed by atoms with Gasteiger partial charge in [-0.15, -0.1) is 0 Å². The molecule has 1 N–H and O–H groups in total. The number of nitrogens with zero attached hydrogens (tertiary/aromatic N) is 2. The predicted octanol–water partition coefficient (Wildman–Crippen LogP) is 2.88. The maximum Gasteiger partial charge on any atom is 0.142 e. The second-order valence-corrected chi connectivity index (χ2v) is 4.66. The fraction of sp³-hybridized carbons (Fsp3) is 0.308. The van der Waals surface area contributed by atoms with Crippen molar-refractivity contribution < 1.29 is 9.50 Å². The number of aryl methyl sites for hydroxylation is 2. The lowest BCUT2D eigenvalue weighted by Crippen LogP contribution is -2.00. The van der Waals surface area contributed by atoms with Crippen molar-refractivity contribution in [3.63, 3.8) is 0 Å². The van der Waals surface area contributed by atoms with Gasteiger partial charge in [-0.05, 0) is 36.1 Å². The molecule has 0 saturated carbocycles. The van der Waals surface area contributed by atoms with Crippen LogP contribution in [-0.4, -0.2) is 14.9 Å². The van der Waals surface area contributed by atoms with Gasteiger partial charge in [0.05, 0.1) is 17.3 Å². The molecule has 96 valence electrons. The summed E-state index contributed by atoms with van der Waals surface area (Å²) >= 11 is 5.59. The number of rotatable bonds is 4. The molecule has 0 spiro atoms. The summed E-state index contributed by atoms with van der Waals surface area (Å²) < 4.78 is 15.0. The van der Waals surface area contributed by atoms with Gasteiger partial charge in [-0.2, -0.15) is 5.10 Å². The molecule has 1 unspecified atom stereocenters. The highest BCUT2D eigenvalue weighted by molar-refractivity contribution is 6.30. The fourth-order valence-corrected chi connectivity index (χ4v) is 1.91. The van der Waals surface area contributed by atoms with Crippen molar-refractivity contribution in [2.75, 3.05) is 0 Å². The van der Waals surface area contributed by atoms with Crippen LogP contribution in [0.15, 0.2) is 30.6 Å². The van der Waals surface area contributed by atoms with Crippen molar-refractivity contribution in [2.45, 2.75) is 18.9 Å². The van der Waals surface area contributed by atoms with Crippen molar-refractivity contribution in [3.8, 4) is 0 Å². The summed E-state index contributed by atoms with van der Waals surface area (Å²) in [5, 5.41) is 14.1. The number of aliphatic hydroxyl groups is 1. The molecule has 1 aromatic heterocycles. The molecule has 0 aliphatic carbocycles. The average Bonchev–Trinajstić information content (AvgIpc) is 2.75. The second-order valence-electron chi connectivity index (χ2n) is 4.25. The molecule has 0 aliphatic rings. The molecule has 0 saturated heterocycles. The number of aromatic nitrogens is 2. The summed E-state index contributed by atoms with van der Waals surface area (Å²) in [6.45, 7) is 0. The van der Waals surface area contributed by atoms with E-state index >= 15 is 0 Å². The second kappa shape index (κ2) is 5.50. The molecule has 1 heterocycles. The molecule has 0 amide bonds. The van der Waals surface area contributed by atoms with E-state index in [0.717, 1.165) is 5.56 Å². The number of hydrogen-bond donors (Lipinski definition) is 1. The van der Waals surface area contributed by atoms with E-state index in [-0.39, 0.29) is 5.02 Å². The third-order valence-corrected chi connectivity index (χ3v) is 3.10. The smallest absolute Gasteiger partial charge is 0.142 e. The molecule has 2 aromatic rings. The summed E-state index contributed by atoms with van der Waals surface area (Å²) in [5.41, 5.74) is 1.59. The van der Waals surface area contributed by atoms with Gasteiger partial charge < -0.3 is 5.11 Å². The lowest BCUT2D eigenvalue weighted by atomic mass is 10.0. The highest BCUT2D eigenvalue weighted by Crippen LogP contribution is 2.23. The van der Waals surface area contributed by atoms with E-state index in [9.17, 15) is 9.50 Å². The summed E-state index contributed by atoms with van der Waals surface area (Å²) in [4.78, 5) is 0. The Hall–Kier alpha value is -1.39. The van der Waals surface area contributed by atoms with Crippen LogP contribution in [0.1, 0.15) is 23.7 Å². The molecule has 0 aliphatic heterocycles. The number of halogens is 2. The quantitative estimate of drug-likeness (QED) is 0.926. The molecule has 0 bridgehead atoms. The van der Waals surface area contributed by atoms with Gasteiger partial charge in [0.25, 0.3) is 0 Å². The Morgan fingerprint density at radius 2 is 2.28 bits per heavy atom. The van der Waals surface area contributed by atoms with Gasteiger partial charge in [0.15, 0.2) is 0 Å². The average molecular weight is 269 g/mol. The third-order valence-electron chi connectivity index (χ3n) is 2.79. The van der Waals surface area contributed by atoms with Crippen molar-refractivity contribution in [1.82, 2.24) is 9.78 Å². The predicted molar refractivity (Wildman–Crippen MR) is 67.9 cm³/mol. The Labute approximate surface area is 110 Å². The van der Waals surface area contributed by atoms with Gasteiger partial charge in [0, 0.05) is 13.2 Å². The minimum atomic E-state index is -0.697. The molecule has 2 rings (SSSR count). The zero-order valence-electron chi connectivity index (χ0n) is 9.98.